The Balaban J connectivity index is 1.96. The van der Waals surface area contributed by atoms with Gasteiger partial charge in [0.05, 0.1) is 4.88 Å². The number of amides is 1. The highest BCUT2D eigenvalue weighted by atomic mass is 32.1. The lowest BCUT2D eigenvalue weighted by atomic mass is 9.75. The van der Waals surface area contributed by atoms with Crippen LogP contribution in [0.2, 0.25) is 0 Å². The number of thiophene rings is 1. The summed E-state index contributed by atoms with van der Waals surface area (Å²) in [5, 5.41) is 1.91. The average molecular weight is 283 g/mol. The SMILES string of the molecule is CC(C)(C)C1CCN(C(=O)c2cc(S)cs2)CC1. The molecule has 0 atom stereocenters. The molecular formula is C14H21NOS2. The van der Waals surface area contributed by atoms with Gasteiger partial charge in [-0.05, 0) is 30.2 Å². The van der Waals surface area contributed by atoms with Crippen LogP contribution in [0.15, 0.2) is 16.3 Å². The molecule has 0 spiro atoms. The van der Waals surface area contributed by atoms with Gasteiger partial charge in [0, 0.05) is 23.4 Å². The molecule has 0 aromatic carbocycles. The molecule has 1 saturated heterocycles. The molecule has 2 heterocycles. The minimum Gasteiger partial charge on any atom is -0.338 e. The molecule has 0 bridgehead atoms. The van der Waals surface area contributed by atoms with Crippen molar-refractivity contribution < 1.29 is 4.79 Å². The zero-order chi connectivity index (χ0) is 13.3. The molecule has 100 valence electrons. The summed E-state index contributed by atoms with van der Waals surface area (Å²) >= 11 is 5.75. The highest BCUT2D eigenvalue weighted by Gasteiger charge is 2.30. The quantitative estimate of drug-likeness (QED) is 0.774. The van der Waals surface area contributed by atoms with Crippen molar-refractivity contribution in [3.05, 3.63) is 16.3 Å². The normalized spacial score (nSPS) is 18.1. The van der Waals surface area contributed by atoms with Gasteiger partial charge in [0.25, 0.3) is 5.91 Å². The Morgan fingerprint density at radius 1 is 1.39 bits per heavy atom. The fourth-order valence-corrected chi connectivity index (χ4v) is 3.66. The first-order valence-corrected chi connectivity index (χ1v) is 7.77. The maximum atomic E-state index is 12.3. The number of hydrogen-bond donors (Lipinski definition) is 1. The Morgan fingerprint density at radius 2 is 2.00 bits per heavy atom. The fraction of sp³-hybridized carbons (Fsp3) is 0.643. The van der Waals surface area contributed by atoms with Gasteiger partial charge in [-0.2, -0.15) is 0 Å². The van der Waals surface area contributed by atoms with Crippen LogP contribution >= 0.6 is 24.0 Å². The van der Waals surface area contributed by atoms with Crippen LogP contribution in [0.25, 0.3) is 0 Å². The van der Waals surface area contributed by atoms with Crippen LogP contribution in [-0.2, 0) is 0 Å². The third kappa shape index (κ3) is 3.09. The summed E-state index contributed by atoms with van der Waals surface area (Å²) in [6.07, 6.45) is 2.24. The van der Waals surface area contributed by atoms with E-state index in [2.05, 4.69) is 33.4 Å². The van der Waals surface area contributed by atoms with Crippen LogP contribution < -0.4 is 0 Å². The fourth-order valence-electron chi connectivity index (χ4n) is 2.54. The molecule has 1 fully saturated rings. The second-order valence-electron chi connectivity index (χ2n) is 6.10. The topological polar surface area (TPSA) is 20.3 Å². The lowest BCUT2D eigenvalue weighted by Crippen LogP contribution is -2.41. The molecule has 1 aromatic rings. The first-order valence-electron chi connectivity index (χ1n) is 6.44. The van der Waals surface area contributed by atoms with E-state index in [4.69, 9.17) is 0 Å². The molecule has 1 aliphatic rings. The molecule has 0 saturated carbocycles. The van der Waals surface area contributed by atoms with Crippen molar-refractivity contribution in [1.82, 2.24) is 4.90 Å². The van der Waals surface area contributed by atoms with Crippen molar-refractivity contribution in [3.8, 4) is 0 Å². The molecule has 2 nitrogen and oxygen atoms in total. The Morgan fingerprint density at radius 3 is 2.44 bits per heavy atom. The predicted molar refractivity (Wildman–Crippen MR) is 79.7 cm³/mol. The Labute approximate surface area is 119 Å². The zero-order valence-corrected chi connectivity index (χ0v) is 13.0. The maximum Gasteiger partial charge on any atom is 0.263 e. The van der Waals surface area contributed by atoms with Crippen LogP contribution in [0, 0.1) is 11.3 Å². The Bertz CT molecular complexity index is 425. The van der Waals surface area contributed by atoms with E-state index < -0.39 is 0 Å². The van der Waals surface area contributed by atoms with Crippen molar-refractivity contribution in [2.75, 3.05) is 13.1 Å². The van der Waals surface area contributed by atoms with E-state index in [0.717, 1.165) is 41.6 Å². The van der Waals surface area contributed by atoms with Crippen LogP contribution in [0.1, 0.15) is 43.3 Å². The van der Waals surface area contributed by atoms with Gasteiger partial charge in [-0.15, -0.1) is 24.0 Å². The van der Waals surface area contributed by atoms with Gasteiger partial charge in [0.1, 0.15) is 0 Å². The van der Waals surface area contributed by atoms with E-state index in [0.29, 0.717) is 5.41 Å². The molecule has 0 aliphatic carbocycles. The number of piperidine rings is 1. The minimum atomic E-state index is 0.174. The average Bonchev–Trinajstić information content (AvgIpc) is 2.74. The molecular weight excluding hydrogens is 262 g/mol. The highest BCUT2D eigenvalue weighted by Crippen LogP contribution is 2.34. The van der Waals surface area contributed by atoms with Gasteiger partial charge in [-0.1, -0.05) is 20.8 Å². The number of carbonyl (C=O) groups excluding carboxylic acids is 1. The van der Waals surface area contributed by atoms with E-state index in [9.17, 15) is 4.79 Å². The van der Waals surface area contributed by atoms with E-state index >= 15 is 0 Å². The monoisotopic (exact) mass is 283 g/mol. The zero-order valence-electron chi connectivity index (χ0n) is 11.3. The van der Waals surface area contributed by atoms with Crippen molar-refractivity contribution in [3.63, 3.8) is 0 Å². The second-order valence-corrected chi connectivity index (χ2v) is 7.53. The lowest BCUT2D eigenvalue weighted by molar-refractivity contribution is 0.0613. The molecule has 2 rings (SSSR count). The Hall–Kier alpha value is -0.480. The van der Waals surface area contributed by atoms with Gasteiger partial charge in [0.15, 0.2) is 0 Å². The number of hydrogen-bond acceptors (Lipinski definition) is 3. The number of carbonyl (C=O) groups is 1. The summed E-state index contributed by atoms with van der Waals surface area (Å²) in [4.78, 5) is 16.0. The third-order valence-electron chi connectivity index (χ3n) is 3.80. The molecule has 18 heavy (non-hydrogen) atoms. The number of nitrogens with zero attached hydrogens (tertiary/aromatic N) is 1. The molecule has 0 N–H and O–H groups in total. The molecule has 1 aliphatic heterocycles. The van der Waals surface area contributed by atoms with E-state index in [-0.39, 0.29) is 5.91 Å². The van der Waals surface area contributed by atoms with Crippen LogP contribution in [-0.4, -0.2) is 23.9 Å². The summed E-state index contributed by atoms with van der Waals surface area (Å²) < 4.78 is 0. The van der Waals surface area contributed by atoms with Crippen molar-refractivity contribution in [2.45, 2.75) is 38.5 Å². The largest absolute Gasteiger partial charge is 0.338 e. The molecule has 0 unspecified atom stereocenters. The van der Waals surface area contributed by atoms with Gasteiger partial charge >= 0.3 is 0 Å². The summed E-state index contributed by atoms with van der Waals surface area (Å²) in [5.74, 6) is 0.901. The molecule has 0 radical (unpaired) electrons. The van der Waals surface area contributed by atoms with E-state index in [1.165, 1.54) is 11.3 Å². The van der Waals surface area contributed by atoms with Crippen molar-refractivity contribution in [2.24, 2.45) is 11.3 Å². The first kappa shape index (κ1) is 13.9. The van der Waals surface area contributed by atoms with Crippen molar-refractivity contribution >= 4 is 29.9 Å². The van der Waals surface area contributed by atoms with Gasteiger partial charge in [0.2, 0.25) is 0 Å². The van der Waals surface area contributed by atoms with Crippen LogP contribution in [0.4, 0.5) is 0 Å². The van der Waals surface area contributed by atoms with Crippen molar-refractivity contribution in [1.29, 1.82) is 0 Å². The molecule has 1 aromatic heterocycles. The maximum absolute atomic E-state index is 12.3. The lowest BCUT2D eigenvalue weighted by Gasteiger charge is -2.38. The van der Waals surface area contributed by atoms with E-state index in [1.54, 1.807) is 0 Å². The smallest absolute Gasteiger partial charge is 0.263 e. The highest BCUT2D eigenvalue weighted by molar-refractivity contribution is 7.80. The standard InChI is InChI=1S/C14H21NOS2/c1-14(2,3)10-4-6-15(7-5-10)13(16)12-8-11(17)9-18-12/h8-10,17H,4-7H2,1-3H3. The summed E-state index contributed by atoms with van der Waals surface area (Å²) in [6.45, 7) is 8.66. The first-order chi connectivity index (χ1) is 8.38. The third-order valence-corrected chi connectivity index (χ3v) is 5.15. The summed E-state index contributed by atoms with van der Waals surface area (Å²) in [7, 11) is 0. The molecule has 4 heteroatoms. The predicted octanol–water partition coefficient (Wildman–Crippen LogP) is 3.94. The summed E-state index contributed by atoms with van der Waals surface area (Å²) in [5.41, 5.74) is 0.357. The second kappa shape index (κ2) is 5.25. The number of rotatable bonds is 1. The van der Waals surface area contributed by atoms with Crippen LogP contribution in [0.5, 0.6) is 0 Å². The van der Waals surface area contributed by atoms with Gasteiger partial charge < -0.3 is 4.90 Å². The van der Waals surface area contributed by atoms with Gasteiger partial charge in [-0.25, -0.2) is 0 Å². The minimum absolute atomic E-state index is 0.174. The summed E-state index contributed by atoms with van der Waals surface area (Å²) in [6, 6.07) is 1.87. The van der Waals surface area contributed by atoms with E-state index in [1.807, 2.05) is 16.3 Å². The number of likely N-dealkylation sites (tertiary alicyclic amines) is 1. The Kier molecular flexibility index (Phi) is 4.07. The molecule has 1 amide bonds. The number of thiol groups is 1. The van der Waals surface area contributed by atoms with Crippen LogP contribution in [0.3, 0.4) is 0 Å². The van der Waals surface area contributed by atoms with Gasteiger partial charge in [-0.3, -0.25) is 4.79 Å².